The van der Waals surface area contributed by atoms with E-state index in [1.807, 2.05) is 6.26 Å². The van der Waals surface area contributed by atoms with Crippen LogP contribution in [0.25, 0.3) is 11.0 Å². The Labute approximate surface area is 83.7 Å². The van der Waals surface area contributed by atoms with Gasteiger partial charge in [0.25, 0.3) is 0 Å². The third kappa shape index (κ3) is 1.42. The molecule has 0 amide bonds. The molecule has 2 heteroatoms. The SMILES string of the molecule is Cc1ccc2c(C(C)CN)coc2c1. The molecule has 0 aliphatic carbocycles. The minimum atomic E-state index is 0.360. The molecular weight excluding hydrogens is 174 g/mol. The number of hydrogen-bond donors (Lipinski definition) is 1. The molecule has 0 saturated heterocycles. The molecule has 1 heterocycles. The molecule has 74 valence electrons. The number of nitrogens with two attached hydrogens (primary N) is 1. The summed E-state index contributed by atoms with van der Waals surface area (Å²) in [7, 11) is 0. The van der Waals surface area contributed by atoms with Crippen LogP contribution in [-0.2, 0) is 0 Å². The van der Waals surface area contributed by atoms with Crippen LogP contribution in [0.1, 0.15) is 24.0 Å². The van der Waals surface area contributed by atoms with Crippen molar-refractivity contribution in [3.05, 3.63) is 35.6 Å². The summed E-state index contributed by atoms with van der Waals surface area (Å²) in [4.78, 5) is 0. The highest BCUT2D eigenvalue weighted by molar-refractivity contribution is 5.82. The Balaban J connectivity index is 2.58. The third-order valence-corrected chi connectivity index (χ3v) is 2.65. The zero-order valence-electron chi connectivity index (χ0n) is 8.58. The van der Waals surface area contributed by atoms with Gasteiger partial charge in [0.05, 0.1) is 6.26 Å². The number of aryl methyl sites for hydroxylation is 1. The van der Waals surface area contributed by atoms with Gasteiger partial charge in [-0.25, -0.2) is 0 Å². The fourth-order valence-corrected chi connectivity index (χ4v) is 1.66. The molecule has 14 heavy (non-hydrogen) atoms. The topological polar surface area (TPSA) is 39.2 Å². The zero-order chi connectivity index (χ0) is 10.1. The van der Waals surface area contributed by atoms with Gasteiger partial charge >= 0.3 is 0 Å². The molecular formula is C12H15NO. The lowest BCUT2D eigenvalue weighted by Gasteiger charge is -2.04. The van der Waals surface area contributed by atoms with Crippen LogP contribution in [0, 0.1) is 6.92 Å². The van der Waals surface area contributed by atoms with Crippen LogP contribution in [0.3, 0.4) is 0 Å². The van der Waals surface area contributed by atoms with Crippen molar-refractivity contribution in [1.82, 2.24) is 0 Å². The number of furan rings is 1. The van der Waals surface area contributed by atoms with Crippen molar-refractivity contribution in [2.45, 2.75) is 19.8 Å². The molecule has 2 nitrogen and oxygen atoms in total. The minimum Gasteiger partial charge on any atom is -0.464 e. The summed E-state index contributed by atoms with van der Waals surface area (Å²) >= 11 is 0. The molecule has 0 aliphatic rings. The second kappa shape index (κ2) is 3.46. The van der Waals surface area contributed by atoms with E-state index in [2.05, 4.69) is 32.0 Å². The van der Waals surface area contributed by atoms with Crippen molar-refractivity contribution in [2.75, 3.05) is 6.54 Å². The van der Waals surface area contributed by atoms with E-state index >= 15 is 0 Å². The number of benzene rings is 1. The largest absolute Gasteiger partial charge is 0.464 e. The first kappa shape index (κ1) is 9.28. The smallest absolute Gasteiger partial charge is 0.134 e. The zero-order valence-corrected chi connectivity index (χ0v) is 8.58. The first-order valence-electron chi connectivity index (χ1n) is 4.90. The normalized spacial score (nSPS) is 13.4. The Morgan fingerprint density at radius 1 is 1.43 bits per heavy atom. The van der Waals surface area contributed by atoms with Crippen molar-refractivity contribution in [3.8, 4) is 0 Å². The Bertz CT molecular complexity index is 445. The van der Waals surface area contributed by atoms with Gasteiger partial charge in [0.2, 0.25) is 0 Å². The second-order valence-corrected chi connectivity index (χ2v) is 3.83. The van der Waals surface area contributed by atoms with Gasteiger partial charge in [-0.05, 0) is 31.0 Å². The molecule has 0 radical (unpaired) electrons. The van der Waals surface area contributed by atoms with Gasteiger partial charge in [0.15, 0.2) is 0 Å². The number of fused-ring (bicyclic) bond motifs is 1. The molecule has 0 bridgehead atoms. The second-order valence-electron chi connectivity index (χ2n) is 3.83. The van der Waals surface area contributed by atoms with E-state index in [4.69, 9.17) is 10.2 Å². The van der Waals surface area contributed by atoms with E-state index in [1.54, 1.807) is 0 Å². The average molecular weight is 189 g/mol. The van der Waals surface area contributed by atoms with Crippen molar-refractivity contribution in [1.29, 1.82) is 0 Å². The van der Waals surface area contributed by atoms with Crippen molar-refractivity contribution < 1.29 is 4.42 Å². The highest BCUT2D eigenvalue weighted by atomic mass is 16.3. The number of rotatable bonds is 2. The van der Waals surface area contributed by atoms with Crippen LogP contribution < -0.4 is 5.73 Å². The summed E-state index contributed by atoms with van der Waals surface area (Å²) in [5, 5.41) is 1.19. The standard InChI is InChI=1S/C12H15NO/c1-8-3-4-10-11(9(2)6-13)7-14-12(10)5-8/h3-5,7,9H,6,13H2,1-2H3. The maximum atomic E-state index is 5.64. The van der Waals surface area contributed by atoms with E-state index in [9.17, 15) is 0 Å². The van der Waals surface area contributed by atoms with Gasteiger partial charge in [-0.15, -0.1) is 0 Å². The molecule has 0 aliphatic heterocycles. The molecule has 2 rings (SSSR count). The Hall–Kier alpha value is -1.28. The van der Waals surface area contributed by atoms with Gasteiger partial charge < -0.3 is 10.2 Å². The van der Waals surface area contributed by atoms with Crippen LogP contribution in [0.15, 0.2) is 28.9 Å². The predicted octanol–water partition coefficient (Wildman–Crippen LogP) is 2.80. The van der Waals surface area contributed by atoms with Crippen LogP contribution in [0.2, 0.25) is 0 Å². The highest BCUT2D eigenvalue weighted by Crippen LogP contribution is 2.27. The van der Waals surface area contributed by atoms with E-state index in [0.29, 0.717) is 12.5 Å². The Kier molecular flexibility index (Phi) is 2.30. The first-order chi connectivity index (χ1) is 6.72. The van der Waals surface area contributed by atoms with Crippen molar-refractivity contribution in [2.24, 2.45) is 5.73 Å². The first-order valence-corrected chi connectivity index (χ1v) is 4.90. The van der Waals surface area contributed by atoms with Gasteiger partial charge in [-0.2, -0.15) is 0 Å². The summed E-state index contributed by atoms with van der Waals surface area (Å²) in [6.07, 6.45) is 1.82. The molecule has 1 aromatic carbocycles. The van der Waals surface area contributed by atoms with Crippen LogP contribution >= 0.6 is 0 Å². The van der Waals surface area contributed by atoms with Crippen molar-refractivity contribution >= 4 is 11.0 Å². The fraction of sp³-hybridized carbons (Fsp3) is 0.333. The summed E-state index contributed by atoms with van der Waals surface area (Å²) < 4.78 is 5.50. The molecule has 1 atom stereocenters. The minimum absolute atomic E-state index is 0.360. The van der Waals surface area contributed by atoms with Crippen LogP contribution in [0.5, 0.6) is 0 Å². The van der Waals surface area contributed by atoms with Gasteiger partial charge in [0, 0.05) is 10.9 Å². The number of hydrogen-bond acceptors (Lipinski definition) is 2. The molecule has 1 aromatic heterocycles. The van der Waals surface area contributed by atoms with Crippen molar-refractivity contribution in [3.63, 3.8) is 0 Å². The van der Waals surface area contributed by atoms with E-state index in [-0.39, 0.29) is 0 Å². The Morgan fingerprint density at radius 3 is 2.93 bits per heavy atom. The molecule has 0 saturated carbocycles. The molecule has 0 spiro atoms. The Morgan fingerprint density at radius 2 is 2.21 bits per heavy atom. The lowest BCUT2D eigenvalue weighted by Crippen LogP contribution is -2.08. The lowest BCUT2D eigenvalue weighted by atomic mass is 10.0. The summed E-state index contributed by atoms with van der Waals surface area (Å²) in [5.74, 6) is 0.360. The maximum Gasteiger partial charge on any atom is 0.134 e. The quantitative estimate of drug-likeness (QED) is 0.789. The van der Waals surface area contributed by atoms with Gasteiger partial charge in [-0.3, -0.25) is 0 Å². The van der Waals surface area contributed by atoms with Gasteiger partial charge in [-0.1, -0.05) is 19.1 Å². The predicted molar refractivity (Wildman–Crippen MR) is 58.4 cm³/mol. The highest BCUT2D eigenvalue weighted by Gasteiger charge is 2.10. The summed E-state index contributed by atoms with van der Waals surface area (Å²) in [6.45, 7) is 4.83. The molecule has 2 N–H and O–H groups in total. The third-order valence-electron chi connectivity index (χ3n) is 2.65. The van der Waals surface area contributed by atoms with Crippen LogP contribution in [-0.4, -0.2) is 6.54 Å². The van der Waals surface area contributed by atoms with E-state index in [0.717, 1.165) is 5.58 Å². The van der Waals surface area contributed by atoms with Crippen LogP contribution in [0.4, 0.5) is 0 Å². The maximum absolute atomic E-state index is 5.64. The molecule has 0 fully saturated rings. The fourth-order valence-electron chi connectivity index (χ4n) is 1.66. The molecule has 1 unspecified atom stereocenters. The van der Waals surface area contributed by atoms with Gasteiger partial charge in [0.1, 0.15) is 5.58 Å². The lowest BCUT2D eigenvalue weighted by molar-refractivity contribution is 0.603. The van der Waals surface area contributed by atoms with E-state index in [1.165, 1.54) is 16.5 Å². The van der Waals surface area contributed by atoms with E-state index < -0.39 is 0 Å². The molecule has 2 aromatic rings. The summed E-state index contributed by atoms with van der Waals surface area (Å²) in [5.41, 5.74) is 9.03. The average Bonchev–Trinajstić information content (AvgIpc) is 2.59. The summed E-state index contributed by atoms with van der Waals surface area (Å²) in [6, 6.07) is 6.27. The monoisotopic (exact) mass is 189 g/mol.